The van der Waals surface area contributed by atoms with E-state index in [2.05, 4.69) is 48.5 Å². The molecule has 8 aliphatic carbocycles. The zero-order chi connectivity index (χ0) is 37.5. The summed E-state index contributed by atoms with van der Waals surface area (Å²) in [4.78, 5) is 36.5. The normalized spacial score (nSPS) is 52.0. The number of carboxylic acid groups (broad SMARTS) is 1. The molecule has 8 aliphatic rings. The zero-order valence-corrected chi connectivity index (χ0v) is 33.9. The van der Waals surface area contributed by atoms with Gasteiger partial charge in [0.1, 0.15) is 11.6 Å². The van der Waals surface area contributed by atoms with Gasteiger partial charge in [-0.3, -0.25) is 14.4 Å². The lowest BCUT2D eigenvalue weighted by molar-refractivity contribution is -0.174. The number of rotatable bonds is 5. The summed E-state index contributed by atoms with van der Waals surface area (Å²) in [5.74, 6) is 5.96. The summed E-state index contributed by atoms with van der Waals surface area (Å²) in [6, 6.07) is 0. The highest BCUT2D eigenvalue weighted by molar-refractivity contribution is 5.86. The molecule has 8 rings (SSSR count). The fourth-order valence-electron chi connectivity index (χ4n) is 16.6. The lowest BCUT2D eigenvalue weighted by Gasteiger charge is -2.62. The number of carbonyl (C=O) groups is 3. The van der Waals surface area contributed by atoms with Gasteiger partial charge in [0.25, 0.3) is 0 Å². The molecule has 0 aromatic heterocycles. The van der Waals surface area contributed by atoms with E-state index >= 15 is 0 Å². The number of hydrogen-bond donors (Lipinski definition) is 3. The fraction of sp³-hybridized carbons (Fsp3) is 0.935. The Morgan fingerprint density at radius 3 is 1.92 bits per heavy atom. The third kappa shape index (κ3) is 6.12. The predicted molar refractivity (Wildman–Crippen MR) is 204 cm³/mol. The van der Waals surface area contributed by atoms with Crippen molar-refractivity contribution in [2.75, 3.05) is 0 Å². The van der Waals surface area contributed by atoms with E-state index < -0.39 is 5.97 Å². The second-order valence-corrected chi connectivity index (χ2v) is 21.5. The number of hydrogen-bond acceptors (Lipinski definition) is 5. The molecule has 8 saturated carbocycles. The zero-order valence-electron chi connectivity index (χ0n) is 33.9. The molecule has 0 amide bonds. The molecule has 18 atom stereocenters. The molecule has 6 heteroatoms. The summed E-state index contributed by atoms with van der Waals surface area (Å²) in [6.07, 6.45) is 17.8. The van der Waals surface area contributed by atoms with E-state index in [1.165, 1.54) is 38.5 Å². The Kier molecular flexibility index (Phi) is 10.5. The smallest absolute Gasteiger partial charge is 0.303 e. The average molecular weight is 723 g/mol. The number of Topliss-reactive ketones (excluding diaryl/α,β-unsaturated/α-hetero) is 2. The van der Waals surface area contributed by atoms with Crippen LogP contribution < -0.4 is 0 Å². The number of fused-ring (bicyclic) bond motifs is 10. The van der Waals surface area contributed by atoms with Gasteiger partial charge in [-0.05, 0) is 170 Å². The summed E-state index contributed by atoms with van der Waals surface area (Å²) in [7, 11) is 0. The van der Waals surface area contributed by atoms with Crippen molar-refractivity contribution < 1.29 is 29.7 Å². The van der Waals surface area contributed by atoms with Crippen molar-refractivity contribution in [1.82, 2.24) is 0 Å². The second kappa shape index (κ2) is 14.0. The highest BCUT2D eigenvalue weighted by atomic mass is 16.4. The molecule has 0 saturated heterocycles. The van der Waals surface area contributed by atoms with Gasteiger partial charge >= 0.3 is 5.97 Å². The first-order chi connectivity index (χ1) is 24.5. The summed E-state index contributed by atoms with van der Waals surface area (Å²) < 4.78 is 0. The van der Waals surface area contributed by atoms with Gasteiger partial charge < -0.3 is 15.3 Å². The van der Waals surface area contributed by atoms with Crippen molar-refractivity contribution in [2.24, 2.45) is 92.7 Å². The van der Waals surface area contributed by atoms with Crippen LogP contribution in [0.3, 0.4) is 0 Å². The van der Waals surface area contributed by atoms with E-state index in [0.29, 0.717) is 77.2 Å². The third-order valence-corrected chi connectivity index (χ3v) is 19.6. The molecule has 0 heterocycles. The van der Waals surface area contributed by atoms with Crippen molar-refractivity contribution in [3.05, 3.63) is 0 Å². The number of aliphatic carboxylic acids is 1. The largest absolute Gasteiger partial charge is 0.481 e. The standard InChI is InChI=1S/C23H34O4.C23H40O2/c1-13(10-20(26)27)16-4-5-17-21-18(7-9-23(16,17)3)22(2)8-6-15(24)11-14(22)12-19(21)25;1-5-14(2)17-6-7-18-21-19(9-11-23(17,18)4)22(3)10-8-16(24)12-15(22)13-20(21)25/h13-14,16-18,21H,4-12H2,1-3H3,(H,26,27);14-21,24-25H,5-13H2,1-4H3/t13-,14+,16-,17?,18?,21+,22+,23-;14-,15+,16-,17-,18?,19?,20-,21+,22+,23-/m11/s1. The SMILES string of the molecule is CC[C@@H](C)[C@H]1CCC2[C@H]3C(CC[C@@]21C)[C@@]1(C)CC[C@@H](O)C[C@H]1C[C@H]3O.C[C@H](CC(=O)O)[C@H]1CCC2[C@@H]3C(=O)C[C@@H]4CC(=O)CC[C@]4(C)C3CC[C@@]21C. The van der Waals surface area contributed by atoms with Crippen molar-refractivity contribution in [3.8, 4) is 0 Å². The van der Waals surface area contributed by atoms with Crippen molar-refractivity contribution >= 4 is 17.5 Å². The quantitative estimate of drug-likeness (QED) is 0.261. The molecular formula is C46H74O6. The van der Waals surface area contributed by atoms with E-state index in [-0.39, 0.29) is 47.2 Å². The number of carbonyl (C=O) groups excluding carboxylic acids is 2. The van der Waals surface area contributed by atoms with Gasteiger partial charge in [0.15, 0.2) is 0 Å². The summed E-state index contributed by atoms with van der Waals surface area (Å²) in [5, 5.41) is 30.6. The summed E-state index contributed by atoms with van der Waals surface area (Å²) >= 11 is 0. The minimum absolute atomic E-state index is 0.0966. The second-order valence-electron chi connectivity index (χ2n) is 21.5. The van der Waals surface area contributed by atoms with Crippen LogP contribution in [0.1, 0.15) is 164 Å². The molecule has 294 valence electrons. The van der Waals surface area contributed by atoms with Crippen LogP contribution in [0.25, 0.3) is 0 Å². The van der Waals surface area contributed by atoms with Gasteiger partial charge in [0.05, 0.1) is 12.2 Å². The van der Waals surface area contributed by atoms with Crippen LogP contribution in [0.5, 0.6) is 0 Å². The number of aliphatic hydroxyl groups excluding tert-OH is 2. The maximum absolute atomic E-state index is 13.3. The molecule has 3 N–H and O–H groups in total. The number of ketones is 2. The van der Waals surface area contributed by atoms with Crippen molar-refractivity contribution in [3.63, 3.8) is 0 Å². The van der Waals surface area contributed by atoms with Gasteiger partial charge in [-0.15, -0.1) is 0 Å². The maximum Gasteiger partial charge on any atom is 0.303 e. The molecule has 4 unspecified atom stereocenters. The van der Waals surface area contributed by atoms with E-state index in [1.54, 1.807) is 0 Å². The Morgan fingerprint density at radius 1 is 0.692 bits per heavy atom. The van der Waals surface area contributed by atoms with Crippen LogP contribution >= 0.6 is 0 Å². The molecule has 0 aliphatic heterocycles. The third-order valence-electron chi connectivity index (χ3n) is 19.6. The Bertz CT molecular complexity index is 1380. The molecule has 0 radical (unpaired) electrons. The topological polar surface area (TPSA) is 112 Å². The van der Waals surface area contributed by atoms with Crippen LogP contribution in [0, 0.1) is 92.7 Å². The monoisotopic (exact) mass is 723 g/mol. The molecule has 0 spiro atoms. The molecule has 0 bridgehead atoms. The van der Waals surface area contributed by atoms with Crippen LogP contribution in [0.2, 0.25) is 0 Å². The van der Waals surface area contributed by atoms with Gasteiger partial charge in [0, 0.05) is 31.6 Å². The Morgan fingerprint density at radius 2 is 1.25 bits per heavy atom. The Balaban J connectivity index is 0.000000162. The summed E-state index contributed by atoms with van der Waals surface area (Å²) in [5.41, 5.74) is 1.05. The summed E-state index contributed by atoms with van der Waals surface area (Å²) in [6.45, 7) is 16.7. The Hall–Kier alpha value is -1.27. The maximum atomic E-state index is 13.3. The van der Waals surface area contributed by atoms with E-state index in [4.69, 9.17) is 0 Å². The fourth-order valence-corrected chi connectivity index (χ4v) is 16.6. The predicted octanol–water partition coefficient (Wildman–Crippen LogP) is 9.53. The van der Waals surface area contributed by atoms with Crippen molar-refractivity contribution in [2.45, 2.75) is 176 Å². The first-order valence-electron chi connectivity index (χ1n) is 22.1. The number of aliphatic hydroxyl groups is 2. The molecule has 52 heavy (non-hydrogen) atoms. The number of carboxylic acids is 1. The highest BCUT2D eigenvalue weighted by Crippen LogP contribution is 2.69. The molecular weight excluding hydrogens is 649 g/mol. The van der Waals surface area contributed by atoms with Crippen molar-refractivity contribution in [1.29, 1.82) is 0 Å². The molecule has 8 fully saturated rings. The lowest BCUT2D eigenvalue weighted by Crippen LogP contribution is -2.58. The van der Waals surface area contributed by atoms with E-state index in [0.717, 1.165) is 69.1 Å². The first-order valence-corrected chi connectivity index (χ1v) is 22.1. The van der Waals surface area contributed by atoms with Crippen LogP contribution in [0.15, 0.2) is 0 Å². The lowest BCUT2D eigenvalue weighted by atomic mass is 9.43. The molecule has 6 nitrogen and oxygen atoms in total. The van der Waals surface area contributed by atoms with Gasteiger partial charge in [-0.2, -0.15) is 0 Å². The van der Waals surface area contributed by atoms with Gasteiger partial charge in [-0.1, -0.05) is 54.9 Å². The highest BCUT2D eigenvalue weighted by Gasteiger charge is 2.64. The van der Waals surface area contributed by atoms with Crippen LogP contribution in [0.4, 0.5) is 0 Å². The average Bonchev–Trinajstić information content (AvgIpc) is 3.63. The van der Waals surface area contributed by atoms with E-state index in [1.807, 2.05) is 0 Å². The Labute approximate surface area is 315 Å². The van der Waals surface area contributed by atoms with Crippen LogP contribution in [-0.2, 0) is 14.4 Å². The molecule has 0 aromatic rings. The minimum Gasteiger partial charge on any atom is -0.481 e. The van der Waals surface area contributed by atoms with Crippen LogP contribution in [-0.4, -0.2) is 45.1 Å². The minimum atomic E-state index is -0.709. The van der Waals surface area contributed by atoms with E-state index in [9.17, 15) is 29.7 Å². The van der Waals surface area contributed by atoms with Gasteiger partial charge in [0.2, 0.25) is 0 Å². The van der Waals surface area contributed by atoms with Gasteiger partial charge in [-0.25, -0.2) is 0 Å². The first kappa shape index (κ1) is 39.0. The molecule has 0 aromatic carbocycles.